The highest BCUT2D eigenvalue weighted by Crippen LogP contribution is 2.18. The summed E-state index contributed by atoms with van der Waals surface area (Å²) in [5.74, 6) is -1.20. The average Bonchev–Trinajstić information content (AvgIpc) is 2.68. The number of nitrogens with zero attached hydrogens (tertiary/aromatic N) is 1. The second-order valence-electron chi connectivity index (χ2n) is 4.94. The standard InChI is InChI=1S/C12H20N2O4/c1-5-14-7-8(6-9(14)15)10(16)13-12(2,3)11(17)18-4/h8H,5-7H2,1-4H3,(H,13,16)/t8-/m1/s1. The van der Waals surface area contributed by atoms with E-state index < -0.39 is 11.5 Å². The van der Waals surface area contributed by atoms with Crippen LogP contribution in [0.1, 0.15) is 27.2 Å². The Hall–Kier alpha value is -1.59. The van der Waals surface area contributed by atoms with Gasteiger partial charge in [-0.3, -0.25) is 9.59 Å². The van der Waals surface area contributed by atoms with Gasteiger partial charge in [0, 0.05) is 19.5 Å². The molecule has 102 valence electrons. The predicted molar refractivity (Wildman–Crippen MR) is 64.6 cm³/mol. The Labute approximate surface area is 107 Å². The molecular formula is C12H20N2O4. The van der Waals surface area contributed by atoms with Gasteiger partial charge in [0.2, 0.25) is 11.8 Å². The largest absolute Gasteiger partial charge is 0.467 e. The molecule has 2 amide bonds. The SMILES string of the molecule is CCN1C[C@H](C(=O)NC(C)(C)C(=O)OC)CC1=O. The van der Waals surface area contributed by atoms with Crippen LogP contribution in [0.25, 0.3) is 0 Å². The molecule has 1 aliphatic rings. The molecule has 0 bridgehead atoms. The van der Waals surface area contributed by atoms with Crippen molar-refractivity contribution in [1.82, 2.24) is 10.2 Å². The van der Waals surface area contributed by atoms with Crippen molar-refractivity contribution in [3.8, 4) is 0 Å². The Bertz CT molecular complexity index is 365. The van der Waals surface area contributed by atoms with Gasteiger partial charge in [0.05, 0.1) is 13.0 Å². The molecule has 0 aliphatic carbocycles. The first-order valence-corrected chi connectivity index (χ1v) is 6.00. The minimum absolute atomic E-state index is 0.0199. The number of methoxy groups -OCH3 is 1. The van der Waals surface area contributed by atoms with E-state index in [-0.39, 0.29) is 24.2 Å². The zero-order chi connectivity index (χ0) is 13.9. The summed E-state index contributed by atoms with van der Waals surface area (Å²) in [6, 6.07) is 0. The number of likely N-dealkylation sites (tertiary alicyclic amines) is 1. The lowest BCUT2D eigenvalue weighted by Gasteiger charge is -2.24. The van der Waals surface area contributed by atoms with Crippen LogP contribution in [0, 0.1) is 5.92 Å². The maximum absolute atomic E-state index is 12.0. The first kappa shape index (κ1) is 14.5. The predicted octanol–water partition coefficient (Wildman–Crippen LogP) is -0.0774. The zero-order valence-corrected chi connectivity index (χ0v) is 11.3. The number of carbonyl (C=O) groups is 3. The number of nitrogens with one attached hydrogen (secondary N) is 1. The first-order chi connectivity index (χ1) is 8.31. The summed E-state index contributed by atoms with van der Waals surface area (Å²) in [6.07, 6.45) is 0.205. The van der Waals surface area contributed by atoms with Gasteiger partial charge in [-0.1, -0.05) is 0 Å². The van der Waals surface area contributed by atoms with Crippen LogP contribution in [0.15, 0.2) is 0 Å². The smallest absolute Gasteiger partial charge is 0.330 e. The van der Waals surface area contributed by atoms with Crippen molar-refractivity contribution in [2.24, 2.45) is 5.92 Å². The number of hydrogen-bond donors (Lipinski definition) is 1. The van der Waals surface area contributed by atoms with Gasteiger partial charge in [0.15, 0.2) is 0 Å². The average molecular weight is 256 g/mol. The molecule has 1 rings (SSSR count). The fourth-order valence-corrected chi connectivity index (χ4v) is 1.97. The fourth-order valence-electron chi connectivity index (χ4n) is 1.97. The highest BCUT2D eigenvalue weighted by Gasteiger charge is 2.38. The molecule has 1 fully saturated rings. The molecule has 1 atom stereocenters. The molecule has 1 saturated heterocycles. The maximum atomic E-state index is 12.0. The van der Waals surface area contributed by atoms with Crippen LogP contribution < -0.4 is 5.32 Å². The second kappa shape index (κ2) is 5.37. The Morgan fingerprint density at radius 3 is 2.56 bits per heavy atom. The molecule has 1 aliphatic heterocycles. The quantitative estimate of drug-likeness (QED) is 0.714. The normalized spacial score (nSPS) is 19.9. The fraction of sp³-hybridized carbons (Fsp3) is 0.750. The summed E-state index contributed by atoms with van der Waals surface area (Å²) < 4.78 is 4.61. The number of hydrogen-bond acceptors (Lipinski definition) is 4. The van der Waals surface area contributed by atoms with E-state index >= 15 is 0 Å². The molecule has 0 spiro atoms. The topological polar surface area (TPSA) is 75.7 Å². The van der Waals surface area contributed by atoms with Crippen LogP contribution in [-0.4, -0.2) is 48.4 Å². The monoisotopic (exact) mass is 256 g/mol. The van der Waals surface area contributed by atoms with E-state index in [1.54, 1.807) is 18.7 Å². The summed E-state index contributed by atoms with van der Waals surface area (Å²) in [6.45, 7) is 6.04. The minimum atomic E-state index is -1.07. The van der Waals surface area contributed by atoms with Crippen LogP contribution >= 0.6 is 0 Å². The van der Waals surface area contributed by atoms with Crippen LogP contribution in [0.2, 0.25) is 0 Å². The number of ether oxygens (including phenoxy) is 1. The van der Waals surface area contributed by atoms with Crippen molar-refractivity contribution >= 4 is 17.8 Å². The summed E-state index contributed by atoms with van der Waals surface area (Å²) in [5, 5.41) is 2.62. The molecule has 0 aromatic carbocycles. The third kappa shape index (κ3) is 3.00. The summed E-state index contributed by atoms with van der Waals surface area (Å²) in [7, 11) is 1.27. The van der Waals surface area contributed by atoms with Gasteiger partial charge in [0.25, 0.3) is 0 Å². The first-order valence-electron chi connectivity index (χ1n) is 6.00. The lowest BCUT2D eigenvalue weighted by atomic mass is 10.0. The molecule has 0 unspecified atom stereocenters. The van der Waals surface area contributed by atoms with Crippen LogP contribution in [-0.2, 0) is 19.1 Å². The van der Waals surface area contributed by atoms with Gasteiger partial charge in [-0.05, 0) is 20.8 Å². The second-order valence-corrected chi connectivity index (χ2v) is 4.94. The number of rotatable bonds is 4. The van der Waals surface area contributed by atoms with Crippen molar-refractivity contribution < 1.29 is 19.1 Å². The van der Waals surface area contributed by atoms with Crippen molar-refractivity contribution in [3.05, 3.63) is 0 Å². The number of amides is 2. The maximum Gasteiger partial charge on any atom is 0.330 e. The zero-order valence-electron chi connectivity index (χ0n) is 11.3. The lowest BCUT2D eigenvalue weighted by Crippen LogP contribution is -2.52. The Morgan fingerprint density at radius 1 is 1.50 bits per heavy atom. The van der Waals surface area contributed by atoms with E-state index in [1.165, 1.54) is 7.11 Å². The summed E-state index contributed by atoms with van der Waals surface area (Å²) >= 11 is 0. The van der Waals surface area contributed by atoms with Gasteiger partial charge in [-0.25, -0.2) is 4.79 Å². The van der Waals surface area contributed by atoms with Gasteiger partial charge in [-0.15, -0.1) is 0 Å². The van der Waals surface area contributed by atoms with Crippen molar-refractivity contribution in [3.63, 3.8) is 0 Å². The van der Waals surface area contributed by atoms with E-state index in [2.05, 4.69) is 10.1 Å². The number of esters is 1. The minimum Gasteiger partial charge on any atom is -0.467 e. The van der Waals surface area contributed by atoms with E-state index in [0.29, 0.717) is 13.1 Å². The molecule has 1 N–H and O–H groups in total. The Kier molecular flexibility index (Phi) is 4.32. The molecule has 18 heavy (non-hydrogen) atoms. The summed E-state index contributed by atoms with van der Waals surface area (Å²) in [4.78, 5) is 36.6. The van der Waals surface area contributed by atoms with Crippen LogP contribution in [0.4, 0.5) is 0 Å². The molecule has 1 heterocycles. The number of carbonyl (C=O) groups excluding carboxylic acids is 3. The lowest BCUT2D eigenvalue weighted by molar-refractivity contribution is -0.149. The van der Waals surface area contributed by atoms with Crippen molar-refractivity contribution in [1.29, 1.82) is 0 Å². The van der Waals surface area contributed by atoms with E-state index in [4.69, 9.17) is 0 Å². The third-order valence-corrected chi connectivity index (χ3v) is 3.10. The molecule has 0 saturated carbocycles. The highest BCUT2D eigenvalue weighted by atomic mass is 16.5. The van der Waals surface area contributed by atoms with E-state index in [1.807, 2.05) is 6.92 Å². The third-order valence-electron chi connectivity index (χ3n) is 3.10. The molecule has 0 aromatic heterocycles. The van der Waals surface area contributed by atoms with Crippen molar-refractivity contribution in [2.75, 3.05) is 20.2 Å². The van der Waals surface area contributed by atoms with Gasteiger partial charge in [-0.2, -0.15) is 0 Å². The Balaban J connectivity index is 2.62. The van der Waals surface area contributed by atoms with E-state index in [9.17, 15) is 14.4 Å². The highest BCUT2D eigenvalue weighted by molar-refractivity contribution is 5.92. The van der Waals surface area contributed by atoms with Gasteiger partial charge in [0.1, 0.15) is 5.54 Å². The van der Waals surface area contributed by atoms with Crippen molar-refractivity contribution in [2.45, 2.75) is 32.7 Å². The molecule has 6 heteroatoms. The van der Waals surface area contributed by atoms with Crippen LogP contribution in [0.3, 0.4) is 0 Å². The van der Waals surface area contributed by atoms with Crippen LogP contribution in [0.5, 0.6) is 0 Å². The van der Waals surface area contributed by atoms with Gasteiger partial charge >= 0.3 is 5.97 Å². The van der Waals surface area contributed by atoms with E-state index in [0.717, 1.165) is 0 Å². The summed E-state index contributed by atoms with van der Waals surface area (Å²) in [5.41, 5.74) is -1.07. The molecule has 0 radical (unpaired) electrons. The molecular weight excluding hydrogens is 236 g/mol. The molecule has 0 aromatic rings. The van der Waals surface area contributed by atoms with Gasteiger partial charge < -0.3 is 15.0 Å². The Morgan fingerprint density at radius 2 is 2.11 bits per heavy atom. The molecule has 6 nitrogen and oxygen atoms in total.